The molecule has 2 saturated heterocycles. The van der Waals surface area contributed by atoms with Gasteiger partial charge in [0.2, 0.25) is 0 Å². The van der Waals surface area contributed by atoms with Crippen LogP contribution in [0.4, 0.5) is 0 Å². The van der Waals surface area contributed by atoms with Crippen LogP contribution in [0.1, 0.15) is 34.3 Å². The lowest BCUT2D eigenvalue weighted by Crippen LogP contribution is -2.45. The molecule has 2 fully saturated rings. The van der Waals surface area contributed by atoms with Crippen molar-refractivity contribution in [3.05, 3.63) is 144 Å². The summed E-state index contributed by atoms with van der Waals surface area (Å²) in [7, 11) is 0.817. The van der Waals surface area contributed by atoms with Crippen molar-refractivity contribution >= 4 is 20.0 Å². The summed E-state index contributed by atoms with van der Waals surface area (Å²) in [5, 5.41) is 12.1. The van der Waals surface area contributed by atoms with Crippen LogP contribution in [-0.2, 0) is 46.2 Å². The van der Waals surface area contributed by atoms with Crippen LogP contribution in [0.3, 0.4) is 0 Å². The molecule has 0 radical (unpaired) electrons. The van der Waals surface area contributed by atoms with E-state index in [0.29, 0.717) is 0 Å². The van der Waals surface area contributed by atoms with Gasteiger partial charge in [-0.2, -0.15) is 18.8 Å². The van der Waals surface area contributed by atoms with Crippen LogP contribution in [0.15, 0.2) is 132 Å². The van der Waals surface area contributed by atoms with Gasteiger partial charge in [0, 0.05) is 64.8 Å². The predicted octanol–water partition coefficient (Wildman–Crippen LogP) is 5.21. The van der Waals surface area contributed by atoms with Gasteiger partial charge in [-0.25, -0.2) is 16.8 Å². The van der Waals surface area contributed by atoms with E-state index in [1.807, 2.05) is 104 Å². The number of ether oxygens (including phenoxy) is 4. The molecule has 0 atom stereocenters. The molecular formula is C45H54N8O8S2. The van der Waals surface area contributed by atoms with Gasteiger partial charge < -0.3 is 29.2 Å². The highest BCUT2D eigenvalue weighted by molar-refractivity contribution is 7.89. The average molecular weight is 899 g/mol. The third-order valence-corrected chi connectivity index (χ3v) is 14.4. The number of aromatic nitrogens is 4. The number of likely N-dealkylation sites (tertiary alicyclic amines) is 1. The first kappa shape index (κ1) is 45.3. The lowest BCUT2D eigenvalue weighted by molar-refractivity contribution is 0.129. The monoisotopic (exact) mass is 898 g/mol. The Bertz CT molecular complexity index is 2510. The molecule has 4 aromatic carbocycles. The van der Waals surface area contributed by atoms with E-state index in [1.54, 1.807) is 62.3 Å². The lowest BCUT2D eigenvalue weighted by Gasteiger charge is -2.36. The number of nitrogens with zero attached hydrogens (tertiary/aromatic N) is 7. The summed E-state index contributed by atoms with van der Waals surface area (Å²) in [5.41, 5.74) is 3.45. The number of methoxy groups -OCH3 is 4. The molecule has 0 amide bonds. The fourth-order valence-electron chi connectivity index (χ4n) is 7.07. The Morgan fingerprint density at radius 3 is 1.06 bits per heavy atom. The van der Waals surface area contributed by atoms with Crippen molar-refractivity contribution in [1.29, 1.82) is 0 Å². The fourth-order valence-corrected chi connectivity index (χ4v) is 9.74. The minimum Gasteiger partial charge on any atom is -0.497 e. The van der Waals surface area contributed by atoms with Crippen LogP contribution >= 0.6 is 0 Å². The molecule has 0 saturated carbocycles. The number of hydrogen-bond acceptors (Lipinski definition) is 12. The summed E-state index contributed by atoms with van der Waals surface area (Å²) in [6, 6.07) is 33.1. The molecule has 63 heavy (non-hydrogen) atoms. The van der Waals surface area contributed by atoms with Gasteiger partial charge in [0.05, 0.1) is 40.5 Å². The molecule has 16 nitrogen and oxygen atoms in total. The SMILES string of the molecule is COc1ccc(CN(Cc2ccc(OC)cc2)S(=O)(=O)c2ccn(C3CN(C)C3)n2)cc1.COc1ccc(CN(Cc2ccc(OC)cc2)S(=O)(=O)c2ccn(C3CNC3)n2)cc1. The van der Waals surface area contributed by atoms with Crippen LogP contribution in [0.25, 0.3) is 0 Å². The van der Waals surface area contributed by atoms with Gasteiger partial charge in [0.15, 0.2) is 10.1 Å². The quantitative estimate of drug-likeness (QED) is 0.120. The molecule has 0 aliphatic carbocycles. The first-order valence-electron chi connectivity index (χ1n) is 20.4. The summed E-state index contributed by atoms with van der Waals surface area (Å²) in [6.07, 6.45) is 3.49. The summed E-state index contributed by atoms with van der Waals surface area (Å²) >= 11 is 0. The maximum atomic E-state index is 13.6. The van der Waals surface area contributed by atoms with Crippen molar-refractivity contribution in [3.8, 4) is 23.0 Å². The minimum absolute atomic E-state index is 0.0569. The molecule has 6 aromatic rings. The molecule has 2 aromatic heterocycles. The summed E-state index contributed by atoms with van der Waals surface area (Å²) in [6.45, 7) is 4.19. The summed E-state index contributed by atoms with van der Waals surface area (Å²) in [5.74, 6) is 2.90. The fraction of sp³-hybridized carbons (Fsp3) is 0.333. The number of nitrogens with one attached hydrogen (secondary N) is 1. The van der Waals surface area contributed by atoms with Crippen LogP contribution in [0, 0.1) is 0 Å². The second-order valence-corrected chi connectivity index (χ2v) is 19.2. The van der Waals surface area contributed by atoms with Crippen molar-refractivity contribution < 1.29 is 35.8 Å². The van der Waals surface area contributed by atoms with Crippen molar-refractivity contribution in [2.75, 3.05) is 61.7 Å². The third kappa shape index (κ3) is 11.1. The average Bonchev–Trinajstić information content (AvgIpc) is 3.98. The highest BCUT2D eigenvalue weighted by Crippen LogP contribution is 2.26. The van der Waals surface area contributed by atoms with Crippen LogP contribution < -0.4 is 24.3 Å². The van der Waals surface area contributed by atoms with E-state index in [9.17, 15) is 16.8 Å². The Labute approximate surface area is 369 Å². The number of hydrogen-bond donors (Lipinski definition) is 1. The second-order valence-electron chi connectivity index (χ2n) is 15.4. The first-order valence-corrected chi connectivity index (χ1v) is 23.3. The van der Waals surface area contributed by atoms with E-state index in [4.69, 9.17) is 18.9 Å². The maximum Gasteiger partial charge on any atom is 0.262 e. The van der Waals surface area contributed by atoms with Gasteiger partial charge in [-0.05, 0) is 90.0 Å². The van der Waals surface area contributed by atoms with Crippen molar-refractivity contribution in [3.63, 3.8) is 0 Å². The third-order valence-electron chi connectivity index (χ3n) is 11.0. The van der Waals surface area contributed by atoms with E-state index >= 15 is 0 Å². The standard InChI is InChI=1S/C23H28N4O4S.C22H26N4O4S/c1-25-16-20(17-25)27-13-12-23(24-27)32(28,29)26(14-18-4-8-21(30-2)9-5-18)15-19-6-10-22(31-3)11-7-19;1-29-20-7-3-17(4-8-20)15-25(16-18-5-9-21(30-2)10-6-18)31(27,28)22-11-12-26(24-22)19-13-23-14-19/h4-13,20H,14-17H2,1-3H3;3-12,19,23H,13-16H2,1-2H3. The van der Waals surface area contributed by atoms with Crippen molar-refractivity contribution in [1.82, 2.24) is 38.4 Å². The van der Waals surface area contributed by atoms with E-state index in [-0.39, 0.29) is 48.3 Å². The lowest BCUT2D eigenvalue weighted by atomic mass is 10.1. The molecule has 8 rings (SSSR count). The van der Waals surface area contributed by atoms with Crippen LogP contribution in [0.5, 0.6) is 23.0 Å². The Morgan fingerprint density at radius 1 is 0.508 bits per heavy atom. The Kier molecular flexibility index (Phi) is 14.5. The first-order chi connectivity index (χ1) is 30.4. The highest BCUT2D eigenvalue weighted by atomic mass is 32.2. The van der Waals surface area contributed by atoms with Crippen LogP contribution in [0.2, 0.25) is 0 Å². The molecule has 18 heteroatoms. The van der Waals surface area contributed by atoms with Gasteiger partial charge in [-0.15, -0.1) is 0 Å². The van der Waals surface area contributed by atoms with Gasteiger partial charge in [0.1, 0.15) is 23.0 Å². The van der Waals surface area contributed by atoms with E-state index in [2.05, 4.69) is 20.4 Å². The predicted molar refractivity (Wildman–Crippen MR) is 238 cm³/mol. The minimum atomic E-state index is -3.81. The smallest absolute Gasteiger partial charge is 0.262 e. The molecule has 0 unspecified atom stereocenters. The molecule has 0 bridgehead atoms. The molecule has 2 aliphatic heterocycles. The molecule has 1 N–H and O–H groups in total. The van der Waals surface area contributed by atoms with E-state index in [0.717, 1.165) is 71.4 Å². The van der Waals surface area contributed by atoms with Gasteiger partial charge >= 0.3 is 0 Å². The van der Waals surface area contributed by atoms with Crippen LogP contribution in [-0.4, -0.2) is 112 Å². The number of rotatable bonds is 18. The summed E-state index contributed by atoms with van der Waals surface area (Å²) < 4.78 is 81.4. The zero-order valence-corrected chi connectivity index (χ0v) is 37.7. The largest absolute Gasteiger partial charge is 0.497 e. The molecule has 4 heterocycles. The molecule has 0 spiro atoms. The molecular weight excluding hydrogens is 845 g/mol. The van der Waals surface area contributed by atoms with Gasteiger partial charge in [0.25, 0.3) is 20.0 Å². The normalized spacial score (nSPS) is 14.7. The van der Waals surface area contributed by atoms with E-state index < -0.39 is 20.0 Å². The van der Waals surface area contributed by atoms with Crippen molar-refractivity contribution in [2.45, 2.75) is 48.3 Å². The van der Waals surface area contributed by atoms with E-state index in [1.165, 1.54) is 8.61 Å². The van der Waals surface area contributed by atoms with Crippen molar-refractivity contribution in [2.24, 2.45) is 0 Å². The van der Waals surface area contributed by atoms with Gasteiger partial charge in [-0.3, -0.25) is 9.36 Å². The number of likely N-dealkylation sites (N-methyl/N-ethyl adjacent to an activating group) is 1. The Hall–Kier alpha value is -5.76. The zero-order valence-electron chi connectivity index (χ0n) is 36.1. The van der Waals surface area contributed by atoms with Gasteiger partial charge in [-0.1, -0.05) is 48.5 Å². The molecule has 334 valence electrons. The topological polar surface area (TPSA) is 163 Å². The number of benzene rings is 4. The Balaban J connectivity index is 0.000000189. The maximum absolute atomic E-state index is 13.6. The zero-order chi connectivity index (χ0) is 44.6. The molecule has 2 aliphatic rings. The second kappa shape index (κ2) is 20.2. The highest BCUT2D eigenvalue weighted by Gasteiger charge is 2.32. The Morgan fingerprint density at radius 2 is 0.810 bits per heavy atom. The number of sulfonamides is 2. The summed E-state index contributed by atoms with van der Waals surface area (Å²) in [4.78, 5) is 2.17.